The van der Waals surface area contributed by atoms with Gasteiger partial charge in [0.1, 0.15) is 5.75 Å². The van der Waals surface area contributed by atoms with Crippen molar-refractivity contribution in [3.8, 4) is 5.75 Å². The highest BCUT2D eigenvalue weighted by atomic mass is 32.1. The summed E-state index contributed by atoms with van der Waals surface area (Å²) in [7, 11) is 1.66. The van der Waals surface area contributed by atoms with Crippen LogP contribution in [0.2, 0.25) is 0 Å². The highest BCUT2D eigenvalue weighted by molar-refractivity contribution is 7.80. The lowest BCUT2D eigenvalue weighted by Gasteiger charge is -2.19. The number of aromatic nitrogens is 1. The molecule has 124 valence electrons. The first kappa shape index (κ1) is 16.7. The second-order valence-corrected chi connectivity index (χ2v) is 6.76. The minimum atomic E-state index is 0.181. The molecular weight excluding hydrogens is 338 g/mol. The molecule has 2 aromatic carbocycles. The number of hydrogen-bond donors (Lipinski definition) is 2. The van der Waals surface area contributed by atoms with E-state index in [0.717, 1.165) is 27.5 Å². The van der Waals surface area contributed by atoms with Gasteiger partial charge in [0, 0.05) is 0 Å². The van der Waals surface area contributed by atoms with Crippen molar-refractivity contribution in [2.45, 2.75) is 19.4 Å². The van der Waals surface area contributed by atoms with Crippen LogP contribution in [-0.2, 0) is 0 Å². The predicted octanol–water partition coefficient (Wildman–Crippen LogP) is 4.74. The molecule has 1 heterocycles. The topological polar surface area (TPSA) is 46.2 Å². The van der Waals surface area contributed by atoms with Gasteiger partial charge < -0.3 is 15.4 Å². The lowest BCUT2D eigenvalue weighted by atomic mass is 10.1. The zero-order valence-corrected chi connectivity index (χ0v) is 15.2. The van der Waals surface area contributed by atoms with Crippen molar-refractivity contribution in [1.82, 2.24) is 10.3 Å². The molecule has 0 aliphatic heterocycles. The van der Waals surface area contributed by atoms with Crippen molar-refractivity contribution < 1.29 is 4.74 Å². The van der Waals surface area contributed by atoms with Crippen molar-refractivity contribution in [1.29, 1.82) is 0 Å². The number of anilines is 1. The number of methoxy groups -OCH3 is 1. The van der Waals surface area contributed by atoms with Crippen LogP contribution in [0.25, 0.3) is 10.2 Å². The smallest absolute Gasteiger partial charge is 0.190 e. The van der Waals surface area contributed by atoms with Crippen molar-refractivity contribution >= 4 is 44.0 Å². The van der Waals surface area contributed by atoms with Gasteiger partial charge in [-0.05, 0) is 42.4 Å². The van der Waals surface area contributed by atoms with Crippen LogP contribution in [0.15, 0.2) is 48.5 Å². The summed E-state index contributed by atoms with van der Waals surface area (Å²) in [6, 6.07) is 16.3. The number of ether oxygens (including phenoxy) is 1. The fourth-order valence-corrected chi connectivity index (χ4v) is 3.69. The van der Waals surface area contributed by atoms with Crippen molar-refractivity contribution in [2.24, 2.45) is 0 Å². The average Bonchev–Trinajstić information content (AvgIpc) is 3.01. The van der Waals surface area contributed by atoms with Gasteiger partial charge in [0.25, 0.3) is 0 Å². The Balaban J connectivity index is 1.70. The molecule has 1 unspecified atom stereocenters. The summed E-state index contributed by atoms with van der Waals surface area (Å²) in [5, 5.41) is 7.91. The number of thiazole rings is 1. The molecule has 1 atom stereocenters. The number of hydrogen-bond acceptors (Lipinski definition) is 4. The monoisotopic (exact) mass is 357 g/mol. The standard InChI is InChI=1S/C18H19N3OS2/c1-3-14(12-7-5-4-6-8-12)19-17(23)21-18-20-15-10-9-13(22-2)11-16(15)24-18/h4-11,14H,3H2,1-2H3,(H2,19,20,21,23). The van der Waals surface area contributed by atoms with Gasteiger partial charge in [0.05, 0.1) is 23.4 Å². The van der Waals surface area contributed by atoms with Gasteiger partial charge in [0.15, 0.2) is 10.2 Å². The molecule has 4 nitrogen and oxygen atoms in total. The molecule has 6 heteroatoms. The molecule has 3 aromatic rings. The molecule has 0 bridgehead atoms. The second-order valence-electron chi connectivity index (χ2n) is 5.32. The summed E-state index contributed by atoms with van der Waals surface area (Å²) in [5.41, 5.74) is 2.15. The lowest BCUT2D eigenvalue weighted by molar-refractivity contribution is 0.415. The number of rotatable bonds is 5. The van der Waals surface area contributed by atoms with Crippen molar-refractivity contribution in [2.75, 3.05) is 12.4 Å². The Labute approximate surface area is 150 Å². The Morgan fingerprint density at radius 3 is 2.75 bits per heavy atom. The van der Waals surface area contributed by atoms with Crippen molar-refractivity contribution in [3.63, 3.8) is 0 Å². The van der Waals surface area contributed by atoms with Gasteiger partial charge in [-0.25, -0.2) is 4.98 Å². The second kappa shape index (κ2) is 7.59. The highest BCUT2D eigenvalue weighted by Crippen LogP contribution is 2.29. The van der Waals surface area contributed by atoms with Crippen LogP contribution in [0.4, 0.5) is 5.13 Å². The van der Waals surface area contributed by atoms with E-state index in [1.165, 1.54) is 5.56 Å². The Hall–Kier alpha value is -2.18. The first-order valence-electron chi connectivity index (χ1n) is 7.76. The maximum absolute atomic E-state index is 5.45. The summed E-state index contributed by atoms with van der Waals surface area (Å²) in [4.78, 5) is 4.56. The van der Waals surface area contributed by atoms with E-state index >= 15 is 0 Å². The van der Waals surface area contributed by atoms with E-state index < -0.39 is 0 Å². The van der Waals surface area contributed by atoms with Gasteiger partial charge in [-0.3, -0.25) is 0 Å². The normalized spacial score (nSPS) is 11.9. The van der Waals surface area contributed by atoms with Crippen LogP contribution in [-0.4, -0.2) is 17.2 Å². The summed E-state index contributed by atoms with van der Waals surface area (Å²) in [5.74, 6) is 0.827. The maximum Gasteiger partial charge on any atom is 0.190 e. The Morgan fingerprint density at radius 2 is 2.04 bits per heavy atom. The number of nitrogens with one attached hydrogen (secondary N) is 2. The molecule has 0 saturated heterocycles. The van der Waals surface area contributed by atoms with Crippen LogP contribution in [0.5, 0.6) is 5.75 Å². The van der Waals surface area contributed by atoms with Gasteiger partial charge in [-0.2, -0.15) is 0 Å². The molecule has 0 aliphatic carbocycles. The molecular formula is C18H19N3OS2. The van der Waals surface area contributed by atoms with E-state index in [-0.39, 0.29) is 6.04 Å². The van der Waals surface area contributed by atoms with E-state index in [4.69, 9.17) is 17.0 Å². The van der Waals surface area contributed by atoms with Gasteiger partial charge in [0.2, 0.25) is 0 Å². The van der Waals surface area contributed by atoms with E-state index in [1.54, 1.807) is 18.4 Å². The van der Waals surface area contributed by atoms with Crippen molar-refractivity contribution in [3.05, 3.63) is 54.1 Å². The van der Waals surface area contributed by atoms with Gasteiger partial charge >= 0.3 is 0 Å². The molecule has 24 heavy (non-hydrogen) atoms. The zero-order valence-electron chi connectivity index (χ0n) is 13.6. The molecule has 3 rings (SSSR count). The molecule has 2 N–H and O–H groups in total. The number of thiocarbonyl (C=S) groups is 1. The lowest BCUT2D eigenvalue weighted by Crippen LogP contribution is -2.32. The van der Waals surface area contributed by atoms with Crippen LogP contribution >= 0.6 is 23.6 Å². The predicted molar refractivity (Wildman–Crippen MR) is 105 cm³/mol. The van der Waals surface area contributed by atoms with E-state index in [1.807, 2.05) is 36.4 Å². The molecule has 0 fully saturated rings. The molecule has 0 spiro atoms. The zero-order chi connectivity index (χ0) is 16.9. The maximum atomic E-state index is 5.45. The fourth-order valence-electron chi connectivity index (χ4n) is 2.48. The van der Waals surface area contributed by atoms with Gasteiger partial charge in [-0.15, -0.1) is 0 Å². The number of nitrogens with zero attached hydrogens (tertiary/aromatic N) is 1. The van der Waals surface area contributed by atoms with E-state index in [2.05, 4.69) is 34.7 Å². The van der Waals surface area contributed by atoms with Crippen LogP contribution < -0.4 is 15.4 Å². The number of benzene rings is 2. The summed E-state index contributed by atoms with van der Waals surface area (Å²) in [6.45, 7) is 2.14. The molecule has 0 aliphatic rings. The van der Waals surface area contributed by atoms with Crippen LogP contribution in [0.3, 0.4) is 0 Å². The first-order valence-corrected chi connectivity index (χ1v) is 8.99. The quantitative estimate of drug-likeness (QED) is 0.646. The van der Waals surface area contributed by atoms with Gasteiger partial charge in [-0.1, -0.05) is 48.6 Å². The molecule has 0 radical (unpaired) electrons. The largest absolute Gasteiger partial charge is 0.497 e. The van der Waals surface area contributed by atoms with E-state index in [9.17, 15) is 0 Å². The third kappa shape index (κ3) is 3.83. The third-order valence-electron chi connectivity index (χ3n) is 3.73. The Morgan fingerprint density at radius 1 is 1.25 bits per heavy atom. The van der Waals surface area contributed by atoms with Crippen LogP contribution in [0, 0.1) is 0 Å². The van der Waals surface area contributed by atoms with E-state index in [0.29, 0.717) is 5.11 Å². The summed E-state index contributed by atoms with van der Waals surface area (Å²) < 4.78 is 6.31. The molecule has 1 aromatic heterocycles. The highest BCUT2D eigenvalue weighted by Gasteiger charge is 2.12. The SMILES string of the molecule is CCC(NC(=S)Nc1nc2ccc(OC)cc2s1)c1ccccc1. The molecule has 0 amide bonds. The Bertz CT molecular complexity index is 833. The first-order chi connectivity index (χ1) is 11.7. The minimum Gasteiger partial charge on any atom is -0.497 e. The average molecular weight is 358 g/mol. The summed E-state index contributed by atoms with van der Waals surface area (Å²) in [6.07, 6.45) is 0.947. The van der Waals surface area contributed by atoms with Crippen LogP contribution in [0.1, 0.15) is 24.9 Å². The Kier molecular flexibility index (Phi) is 5.27. The molecule has 0 saturated carbocycles. The summed E-state index contributed by atoms with van der Waals surface area (Å²) >= 11 is 7.01. The minimum absolute atomic E-state index is 0.181. The number of fused-ring (bicyclic) bond motifs is 1. The fraction of sp³-hybridized carbons (Fsp3) is 0.222. The third-order valence-corrected chi connectivity index (χ3v) is 4.89.